The second-order valence-corrected chi connectivity index (χ2v) is 9.65. The van der Waals surface area contributed by atoms with E-state index in [1.165, 1.54) is 16.7 Å². The highest BCUT2D eigenvalue weighted by molar-refractivity contribution is 7.98. The number of allylic oxidation sites excluding steroid dienone is 1. The zero-order valence-electron chi connectivity index (χ0n) is 17.4. The summed E-state index contributed by atoms with van der Waals surface area (Å²) in [7, 11) is 0. The molecule has 0 amide bonds. The molecule has 0 saturated heterocycles. The number of thioether (sulfide) groups is 1. The second kappa shape index (κ2) is 8.81. The van der Waals surface area contributed by atoms with E-state index in [-0.39, 0.29) is 0 Å². The third-order valence-corrected chi connectivity index (χ3v) is 7.61. The number of nitrogens with zero attached hydrogens (tertiary/aromatic N) is 4. The Morgan fingerprint density at radius 1 is 1.10 bits per heavy atom. The molecule has 5 rings (SSSR count). The molecule has 0 spiro atoms. The molecule has 2 aromatic carbocycles. The van der Waals surface area contributed by atoms with Gasteiger partial charge in [-0.3, -0.25) is 0 Å². The third-order valence-electron chi connectivity index (χ3n) is 5.68. The van der Waals surface area contributed by atoms with Crippen LogP contribution in [-0.2, 0) is 12.3 Å². The quantitative estimate of drug-likeness (QED) is 0.231. The first-order valence-electron chi connectivity index (χ1n) is 10.5. The van der Waals surface area contributed by atoms with E-state index in [0.717, 1.165) is 40.4 Å². The molecule has 2 atom stereocenters. The summed E-state index contributed by atoms with van der Waals surface area (Å²) in [5.74, 6) is 2.85. The van der Waals surface area contributed by atoms with Crippen LogP contribution >= 0.6 is 23.1 Å². The molecule has 0 bridgehead atoms. The number of hydrogen-bond donors (Lipinski definition) is 0. The number of aromatic nitrogens is 4. The Bertz CT molecular complexity index is 1200. The van der Waals surface area contributed by atoms with E-state index in [9.17, 15) is 0 Å². The third kappa shape index (κ3) is 4.23. The first kappa shape index (κ1) is 20.2. The average molecular weight is 445 g/mol. The lowest BCUT2D eigenvalue weighted by Gasteiger charge is -2.07. The molecule has 156 valence electrons. The van der Waals surface area contributed by atoms with Crippen LogP contribution in [0.1, 0.15) is 40.9 Å². The molecule has 0 N–H and O–H groups in total. The maximum absolute atomic E-state index is 4.86. The van der Waals surface area contributed by atoms with Gasteiger partial charge in [-0.2, -0.15) is 0 Å². The molecule has 6 heteroatoms. The SMILES string of the molecule is C=CCn1c(SCc2csc(-c3ccccc3C)n2)nnc1C1CC1c1ccccc1. The summed E-state index contributed by atoms with van der Waals surface area (Å²) in [4.78, 5) is 4.86. The van der Waals surface area contributed by atoms with Crippen LogP contribution in [0.2, 0.25) is 0 Å². The first-order chi connectivity index (χ1) is 15.2. The summed E-state index contributed by atoms with van der Waals surface area (Å²) in [5.41, 5.74) is 4.93. The summed E-state index contributed by atoms with van der Waals surface area (Å²) in [5, 5.41) is 13.3. The average Bonchev–Trinajstić information content (AvgIpc) is 3.27. The maximum atomic E-state index is 4.86. The summed E-state index contributed by atoms with van der Waals surface area (Å²) < 4.78 is 2.22. The standard InChI is InChI=1S/C25H24N4S2/c1-3-13-29-23(22-14-21(22)18-10-5-4-6-11-18)27-28-25(29)31-16-19-15-30-24(26-19)20-12-8-7-9-17(20)2/h3-12,15,21-22H,1,13-14,16H2,2H3. The minimum absolute atomic E-state index is 0.441. The highest BCUT2D eigenvalue weighted by atomic mass is 32.2. The van der Waals surface area contributed by atoms with E-state index in [4.69, 9.17) is 4.98 Å². The zero-order valence-corrected chi connectivity index (χ0v) is 19.1. The molecule has 2 unspecified atom stereocenters. The van der Waals surface area contributed by atoms with Crippen molar-refractivity contribution in [1.29, 1.82) is 0 Å². The predicted octanol–water partition coefficient (Wildman–Crippen LogP) is 6.46. The summed E-state index contributed by atoms with van der Waals surface area (Å²) in [6, 6.07) is 19.1. The molecule has 1 fully saturated rings. The van der Waals surface area contributed by atoms with Crippen LogP contribution in [0.4, 0.5) is 0 Å². The molecular formula is C25H24N4S2. The molecule has 2 heterocycles. The molecule has 4 nitrogen and oxygen atoms in total. The van der Waals surface area contributed by atoms with Gasteiger partial charge in [0.15, 0.2) is 5.16 Å². The maximum Gasteiger partial charge on any atom is 0.191 e. The predicted molar refractivity (Wildman–Crippen MR) is 129 cm³/mol. The molecule has 1 aliphatic carbocycles. The fourth-order valence-electron chi connectivity index (χ4n) is 3.98. The van der Waals surface area contributed by atoms with Gasteiger partial charge in [0, 0.05) is 29.2 Å². The Balaban J connectivity index is 1.31. The highest BCUT2D eigenvalue weighted by Gasteiger charge is 2.43. The van der Waals surface area contributed by atoms with Crippen molar-refractivity contribution in [2.75, 3.05) is 0 Å². The Morgan fingerprint density at radius 2 is 1.90 bits per heavy atom. The summed E-state index contributed by atoms with van der Waals surface area (Å²) in [6.07, 6.45) is 3.06. The Kier molecular flexibility index (Phi) is 5.74. The summed E-state index contributed by atoms with van der Waals surface area (Å²) in [6.45, 7) is 6.80. The van der Waals surface area contributed by atoms with Crippen molar-refractivity contribution in [3.05, 3.63) is 95.3 Å². The summed E-state index contributed by atoms with van der Waals surface area (Å²) >= 11 is 3.40. The number of benzene rings is 2. The smallest absolute Gasteiger partial charge is 0.191 e. The fraction of sp³-hybridized carbons (Fsp3) is 0.240. The number of hydrogen-bond acceptors (Lipinski definition) is 5. The molecule has 1 saturated carbocycles. The lowest BCUT2D eigenvalue weighted by Crippen LogP contribution is -2.03. The normalized spacial score (nSPS) is 17.6. The van der Waals surface area contributed by atoms with Crippen LogP contribution in [0.15, 0.2) is 77.8 Å². The molecule has 31 heavy (non-hydrogen) atoms. The van der Waals surface area contributed by atoms with Crippen LogP contribution in [0.5, 0.6) is 0 Å². The van der Waals surface area contributed by atoms with Gasteiger partial charge >= 0.3 is 0 Å². The molecule has 1 aliphatic rings. The number of aryl methyl sites for hydroxylation is 1. The van der Waals surface area contributed by atoms with E-state index in [1.807, 2.05) is 6.08 Å². The Hall–Kier alpha value is -2.70. The molecule has 0 aliphatic heterocycles. The van der Waals surface area contributed by atoms with Crippen molar-refractivity contribution < 1.29 is 0 Å². The largest absolute Gasteiger partial charge is 0.302 e. The number of thiazole rings is 1. The topological polar surface area (TPSA) is 43.6 Å². The minimum Gasteiger partial charge on any atom is -0.302 e. The van der Waals surface area contributed by atoms with Crippen molar-refractivity contribution in [2.24, 2.45) is 0 Å². The molecule has 2 aromatic heterocycles. The van der Waals surface area contributed by atoms with Gasteiger partial charge in [0.25, 0.3) is 0 Å². The van der Waals surface area contributed by atoms with Crippen molar-refractivity contribution in [3.63, 3.8) is 0 Å². The van der Waals surface area contributed by atoms with Gasteiger partial charge < -0.3 is 4.57 Å². The van der Waals surface area contributed by atoms with E-state index in [1.54, 1.807) is 23.1 Å². The second-order valence-electron chi connectivity index (χ2n) is 7.85. The van der Waals surface area contributed by atoms with Gasteiger partial charge in [0.1, 0.15) is 10.8 Å². The molecular weight excluding hydrogens is 420 g/mol. The van der Waals surface area contributed by atoms with Crippen LogP contribution in [-0.4, -0.2) is 19.7 Å². The van der Waals surface area contributed by atoms with E-state index >= 15 is 0 Å². The highest BCUT2D eigenvalue weighted by Crippen LogP contribution is 2.54. The minimum atomic E-state index is 0.441. The molecule has 4 aromatic rings. The van der Waals surface area contributed by atoms with Gasteiger partial charge in [-0.15, -0.1) is 28.1 Å². The van der Waals surface area contributed by atoms with Gasteiger partial charge in [-0.1, -0.05) is 72.4 Å². The molecule has 0 radical (unpaired) electrons. The van der Waals surface area contributed by atoms with E-state index in [0.29, 0.717) is 11.8 Å². The van der Waals surface area contributed by atoms with Crippen LogP contribution in [0.25, 0.3) is 10.6 Å². The van der Waals surface area contributed by atoms with Crippen LogP contribution in [0, 0.1) is 6.92 Å². The van der Waals surface area contributed by atoms with Gasteiger partial charge in [0.2, 0.25) is 0 Å². The van der Waals surface area contributed by atoms with Gasteiger partial charge in [0.05, 0.1) is 5.69 Å². The van der Waals surface area contributed by atoms with Crippen molar-refractivity contribution in [2.45, 2.75) is 42.6 Å². The fourth-order valence-corrected chi connectivity index (χ4v) is 5.84. The Labute approximate surface area is 191 Å². The van der Waals surface area contributed by atoms with E-state index < -0.39 is 0 Å². The monoisotopic (exact) mass is 444 g/mol. The number of rotatable bonds is 8. The lowest BCUT2D eigenvalue weighted by molar-refractivity contribution is 0.677. The Morgan fingerprint density at radius 3 is 2.71 bits per heavy atom. The van der Waals surface area contributed by atoms with Crippen molar-refractivity contribution in [1.82, 2.24) is 19.7 Å². The van der Waals surface area contributed by atoms with Crippen LogP contribution < -0.4 is 0 Å². The first-order valence-corrected chi connectivity index (χ1v) is 12.3. The lowest BCUT2D eigenvalue weighted by atomic mass is 10.1. The van der Waals surface area contributed by atoms with Crippen molar-refractivity contribution in [3.8, 4) is 10.6 Å². The van der Waals surface area contributed by atoms with Crippen molar-refractivity contribution >= 4 is 23.1 Å². The van der Waals surface area contributed by atoms with Gasteiger partial charge in [-0.25, -0.2) is 4.98 Å². The van der Waals surface area contributed by atoms with Crippen LogP contribution in [0.3, 0.4) is 0 Å². The van der Waals surface area contributed by atoms with E-state index in [2.05, 4.69) is 88.2 Å². The van der Waals surface area contributed by atoms with Gasteiger partial charge in [-0.05, 0) is 30.4 Å². The zero-order chi connectivity index (χ0) is 21.2.